The molecule has 0 radical (unpaired) electrons. The van der Waals surface area contributed by atoms with Crippen LogP contribution in [0.25, 0.3) is 0 Å². The zero-order valence-corrected chi connectivity index (χ0v) is 8.63. The van der Waals surface area contributed by atoms with Gasteiger partial charge in [-0.15, -0.1) is 0 Å². The molecule has 1 aliphatic rings. The molecule has 2 unspecified atom stereocenters. The maximum absolute atomic E-state index is 8.50. The molecule has 0 aromatic carbocycles. The van der Waals surface area contributed by atoms with E-state index >= 15 is 0 Å². The predicted molar refractivity (Wildman–Crippen MR) is 51.9 cm³/mol. The first-order valence-corrected chi connectivity index (χ1v) is 4.89. The molecule has 0 spiro atoms. The van der Waals surface area contributed by atoms with Crippen LogP contribution in [0.2, 0.25) is 0 Å². The first kappa shape index (κ1) is 10.1. The van der Waals surface area contributed by atoms with Gasteiger partial charge in [0.05, 0.1) is 0 Å². The Kier molecular flexibility index (Phi) is 3.36. The van der Waals surface area contributed by atoms with Crippen molar-refractivity contribution in [1.82, 2.24) is 0 Å². The summed E-state index contributed by atoms with van der Waals surface area (Å²) in [6.45, 7) is 6.47. The molecule has 0 saturated heterocycles. The van der Waals surface area contributed by atoms with Crippen molar-refractivity contribution in [3.05, 3.63) is 11.1 Å². The first-order valence-electron chi connectivity index (χ1n) is 4.89. The first-order chi connectivity index (χ1) is 6.19. The molecule has 2 heteroatoms. The van der Waals surface area contributed by atoms with Crippen LogP contribution in [0.15, 0.2) is 11.1 Å². The summed E-state index contributed by atoms with van der Waals surface area (Å²) in [5.74, 6) is 0.531. The van der Waals surface area contributed by atoms with Gasteiger partial charge < -0.3 is 4.74 Å². The molecule has 13 heavy (non-hydrogen) atoms. The maximum atomic E-state index is 8.50. The smallest absolute Gasteiger partial charge is 0.286 e. The van der Waals surface area contributed by atoms with Gasteiger partial charge in [-0.1, -0.05) is 18.1 Å². The number of hydrogen-bond acceptors (Lipinski definition) is 2. The zero-order chi connectivity index (χ0) is 9.84. The van der Waals surface area contributed by atoms with Crippen LogP contribution < -0.4 is 0 Å². The summed E-state index contributed by atoms with van der Waals surface area (Å²) in [6, 6.07) is 0. The molecule has 2 atom stereocenters. The number of nitriles is 1. The van der Waals surface area contributed by atoms with E-state index in [1.54, 1.807) is 0 Å². The monoisotopic (exact) mass is 179 g/mol. The Hall–Kier alpha value is -0.970. The van der Waals surface area contributed by atoms with Crippen LogP contribution >= 0.6 is 0 Å². The summed E-state index contributed by atoms with van der Waals surface area (Å²) >= 11 is 0. The van der Waals surface area contributed by atoms with E-state index in [1.807, 2.05) is 6.26 Å². The van der Waals surface area contributed by atoms with Gasteiger partial charge in [0.25, 0.3) is 6.26 Å². The van der Waals surface area contributed by atoms with Crippen LogP contribution in [0.1, 0.15) is 40.0 Å². The summed E-state index contributed by atoms with van der Waals surface area (Å²) in [7, 11) is 0. The summed E-state index contributed by atoms with van der Waals surface area (Å²) in [5.41, 5.74) is 2.87. The zero-order valence-electron chi connectivity index (χ0n) is 8.63. The molecule has 1 aliphatic carbocycles. The molecule has 0 amide bonds. The highest BCUT2D eigenvalue weighted by Gasteiger charge is 2.27. The summed E-state index contributed by atoms with van der Waals surface area (Å²) in [5, 5.41) is 8.50. The number of nitrogens with zero attached hydrogens (tertiary/aromatic N) is 1. The molecule has 1 rings (SSSR count). The fourth-order valence-corrected chi connectivity index (χ4v) is 1.95. The second-order valence-corrected chi connectivity index (χ2v) is 3.88. The minimum atomic E-state index is 0.124. The van der Waals surface area contributed by atoms with Crippen molar-refractivity contribution in [2.75, 3.05) is 0 Å². The molecular weight excluding hydrogens is 162 g/mol. The highest BCUT2D eigenvalue weighted by molar-refractivity contribution is 5.16. The van der Waals surface area contributed by atoms with Crippen molar-refractivity contribution in [2.24, 2.45) is 5.92 Å². The molecule has 2 nitrogen and oxygen atoms in total. The third-order valence-corrected chi connectivity index (χ3v) is 3.06. The third kappa shape index (κ3) is 2.24. The van der Waals surface area contributed by atoms with Gasteiger partial charge in [0, 0.05) is 12.3 Å². The molecule has 0 saturated carbocycles. The average Bonchev–Trinajstić information content (AvgIpc) is 2.11. The van der Waals surface area contributed by atoms with Crippen LogP contribution in [-0.2, 0) is 4.74 Å². The highest BCUT2D eigenvalue weighted by atomic mass is 16.5. The highest BCUT2D eigenvalue weighted by Crippen LogP contribution is 2.32. The standard InChI is InChI=1S/C11H17NO/c1-4-10-5-8(2)9(3)6-11(10)13-7-12/h10-11H,4-6H2,1-3H3. The van der Waals surface area contributed by atoms with Crippen molar-refractivity contribution in [1.29, 1.82) is 5.26 Å². The quantitative estimate of drug-likeness (QED) is 0.482. The van der Waals surface area contributed by atoms with Crippen molar-refractivity contribution >= 4 is 0 Å². The molecule has 0 heterocycles. The minimum absolute atomic E-state index is 0.124. The lowest BCUT2D eigenvalue weighted by molar-refractivity contribution is 0.0896. The fourth-order valence-electron chi connectivity index (χ4n) is 1.95. The lowest BCUT2D eigenvalue weighted by Gasteiger charge is -2.30. The summed E-state index contributed by atoms with van der Waals surface area (Å²) in [4.78, 5) is 0. The molecular formula is C11H17NO. The molecule has 0 aromatic heterocycles. The van der Waals surface area contributed by atoms with E-state index < -0.39 is 0 Å². The molecule has 0 N–H and O–H groups in total. The third-order valence-electron chi connectivity index (χ3n) is 3.06. The largest absolute Gasteiger partial charge is 0.424 e. The fraction of sp³-hybridized carbons (Fsp3) is 0.727. The second-order valence-electron chi connectivity index (χ2n) is 3.88. The average molecular weight is 179 g/mol. The number of allylic oxidation sites excluding steroid dienone is 1. The van der Waals surface area contributed by atoms with E-state index in [4.69, 9.17) is 10.00 Å². The molecule has 0 fully saturated rings. The topological polar surface area (TPSA) is 33.0 Å². The van der Waals surface area contributed by atoms with Crippen molar-refractivity contribution in [2.45, 2.75) is 46.1 Å². The Balaban J connectivity index is 2.71. The molecule has 72 valence electrons. The Labute approximate surface area is 80.2 Å². The van der Waals surface area contributed by atoms with Gasteiger partial charge in [0.15, 0.2) is 0 Å². The Morgan fingerprint density at radius 3 is 2.54 bits per heavy atom. The Morgan fingerprint density at radius 1 is 1.38 bits per heavy atom. The maximum Gasteiger partial charge on any atom is 0.286 e. The van der Waals surface area contributed by atoms with Crippen LogP contribution in [0, 0.1) is 17.4 Å². The van der Waals surface area contributed by atoms with E-state index in [0.717, 1.165) is 19.3 Å². The molecule has 0 aromatic rings. The van der Waals surface area contributed by atoms with Crippen molar-refractivity contribution in [3.63, 3.8) is 0 Å². The number of rotatable bonds is 2. The SMILES string of the molecule is CCC1CC(C)=C(C)CC1OC#N. The van der Waals surface area contributed by atoms with Crippen LogP contribution in [0.3, 0.4) is 0 Å². The molecule has 0 aliphatic heterocycles. The molecule has 0 bridgehead atoms. The van der Waals surface area contributed by atoms with Gasteiger partial charge in [-0.05, 0) is 26.7 Å². The van der Waals surface area contributed by atoms with E-state index in [0.29, 0.717) is 5.92 Å². The van der Waals surface area contributed by atoms with E-state index in [2.05, 4.69) is 20.8 Å². The van der Waals surface area contributed by atoms with Gasteiger partial charge >= 0.3 is 0 Å². The second kappa shape index (κ2) is 4.32. The van der Waals surface area contributed by atoms with Gasteiger partial charge in [0.2, 0.25) is 0 Å². The van der Waals surface area contributed by atoms with Crippen molar-refractivity contribution in [3.8, 4) is 6.26 Å². The van der Waals surface area contributed by atoms with Crippen LogP contribution in [0.5, 0.6) is 0 Å². The van der Waals surface area contributed by atoms with Gasteiger partial charge in [-0.2, -0.15) is 5.26 Å². The Bertz CT molecular complexity index is 249. The predicted octanol–water partition coefficient (Wildman–Crippen LogP) is 3.01. The number of ether oxygens (including phenoxy) is 1. The number of hydrogen-bond donors (Lipinski definition) is 0. The van der Waals surface area contributed by atoms with Crippen LogP contribution in [0.4, 0.5) is 0 Å². The van der Waals surface area contributed by atoms with E-state index in [9.17, 15) is 0 Å². The van der Waals surface area contributed by atoms with Gasteiger partial charge in [0.1, 0.15) is 6.10 Å². The normalized spacial score (nSPS) is 28.5. The lowest BCUT2D eigenvalue weighted by atomic mass is 9.81. The lowest BCUT2D eigenvalue weighted by Crippen LogP contribution is -2.26. The van der Waals surface area contributed by atoms with Gasteiger partial charge in [-0.3, -0.25) is 0 Å². The Morgan fingerprint density at radius 2 is 2.00 bits per heavy atom. The van der Waals surface area contributed by atoms with E-state index in [-0.39, 0.29) is 6.10 Å². The van der Waals surface area contributed by atoms with Gasteiger partial charge in [-0.25, -0.2) is 0 Å². The summed E-state index contributed by atoms with van der Waals surface area (Å²) in [6.07, 6.45) is 5.05. The van der Waals surface area contributed by atoms with Crippen molar-refractivity contribution < 1.29 is 4.74 Å². The minimum Gasteiger partial charge on any atom is -0.424 e. The van der Waals surface area contributed by atoms with E-state index in [1.165, 1.54) is 11.1 Å². The summed E-state index contributed by atoms with van der Waals surface area (Å²) < 4.78 is 5.08. The van der Waals surface area contributed by atoms with Crippen LogP contribution in [-0.4, -0.2) is 6.10 Å².